The van der Waals surface area contributed by atoms with Crippen molar-refractivity contribution >= 4 is 58.3 Å². The molecule has 0 bridgehead atoms. The molecule has 1 aliphatic rings. The summed E-state index contributed by atoms with van der Waals surface area (Å²) in [5.74, 6) is 1.38. The van der Waals surface area contributed by atoms with Crippen molar-refractivity contribution in [2.45, 2.75) is 24.7 Å². The quantitative estimate of drug-likeness (QED) is 0.188. The van der Waals surface area contributed by atoms with Gasteiger partial charge in [0, 0.05) is 46.7 Å². The summed E-state index contributed by atoms with van der Waals surface area (Å²) in [5.41, 5.74) is 3.79. The minimum atomic E-state index is -0.385. The molecule has 2 aromatic carbocycles. The summed E-state index contributed by atoms with van der Waals surface area (Å²) in [6.07, 6.45) is 2.15. The van der Waals surface area contributed by atoms with Crippen LogP contribution >= 0.6 is 58.3 Å². The van der Waals surface area contributed by atoms with Crippen LogP contribution in [0.15, 0.2) is 71.4 Å². The van der Waals surface area contributed by atoms with Gasteiger partial charge in [0.2, 0.25) is 0 Å². The fourth-order valence-corrected chi connectivity index (χ4v) is 6.56. The summed E-state index contributed by atoms with van der Waals surface area (Å²) in [7, 11) is 4.11. The zero-order chi connectivity index (χ0) is 30.2. The van der Waals surface area contributed by atoms with Crippen LogP contribution in [0.1, 0.15) is 24.3 Å². The van der Waals surface area contributed by atoms with E-state index in [9.17, 15) is 5.26 Å². The van der Waals surface area contributed by atoms with Crippen LogP contribution in [0.25, 0.3) is 22.5 Å². The molecule has 4 aromatic rings. The van der Waals surface area contributed by atoms with Gasteiger partial charge in [-0.2, -0.15) is 10.5 Å². The number of nitriles is 2. The molecule has 1 fully saturated rings. The van der Waals surface area contributed by atoms with Crippen molar-refractivity contribution in [2.75, 3.05) is 52.0 Å². The van der Waals surface area contributed by atoms with E-state index in [0.717, 1.165) is 71.6 Å². The Bertz CT molecular complexity index is 1420. The van der Waals surface area contributed by atoms with E-state index in [1.54, 1.807) is 11.3 Å². The summed E-state index contributed by atoms with van der Waals surface area (Å²) in [6.45, 7) is 3.78. The van der Waals surface area contributed by atoms with Crippen LogP contribution in [0.2, 0.25) is 0 Å². The first-order valence-corrected chi connectivity index (χ1v) is 16.6. The number of benzene rings is 2. The van der Waals surface area contributed by atoms with Crippen molar-refractivity contribution in [2.24, 2.45) is 0 Å². The molecule has 0 spiro atoms. The summed E-state index contributed by atoms with van der Waals surface area (Å²) in [6, 6.07) is 24.8. The van der Waals surface area contributed by atoms with Crippen molar-refractivity contribution in [1.29, 1.82) is 10.5 Å². The molecule has 2 aromatic heterocycles. The fraction of sp³-hybridized carbons (Fsp3) is 0.375. The smallest absolute Gasteiger partial charge is 1.00 e. The molecule has 1 saturated heterocycles. The van der Waals surface area contributed by atoms with Gasteiger partial charge in [0.25, 0.3) is 0 Å². The van der Waals surface area contributed by atoms with Crippen LogP contribution in [0.4, 0.5) is 0 Å². The summed E-state index contributed by atoms with van der Waals surface area (Å²) >= 11 is 14.1. The molecule has 0 aliphatic carbocycles. The molecule has 6 nitrogen and oxygen atoms in total. The maximum absolute atomic E-state index is 9.66. The zero-order valence-electron chi connectivity index (χ0n) is 26.5. The second-order valence-corrected chi connectivity index (χ2v) is 12.5. The van der Waals surface area contributed by atoms with Crippen LogP contribution in [-0.2, 0) is 11.8 Å². The first kappa shape index (κ1) is 40.5. The zero-order valence-corrected chi connectivity index (χ0v) is 31.4. The third kappa shape index (κ3) is 12.7. The van der Waals surface area contributed by atoms with Gasteiger partial charge in [-0.05, 0) is 40.0 Å². The van der Waals surface area contributed by atoms with Crippen molar-refractivity contribution in [3.8, 4) is 34.7 Å². The molecule has 0 radical (unpaired) electrons. The minimum absolute atomic E-state index is 0. The van der Waals surface area contributed by atoms with Crippen LogP contribution in [0, 0.1) is 22.7 Å². The Hall–Kier alpha value is -1.53. The second-order valence-electron chi connectivity index (χ2n) is 9.91. The number of halogens is 3. The van der Waals surface area contributed by atoms with Gasteiger partial charge in [-0.3, -0.25) is 0 Å². The summed E-state index contributed by atoms with van der Waals surface area (Å²) in [5, 5.41) is 24.1. The third-order valence-corrected chi connectivity index (χ3v) is 9.06. The molecule has 12 heteroatoms. The molecule has 44 heavy (non-hydrogen) atoms. The van der Waals surface area contributed by atoms with Crippen LogP contribution in [0.3, 0.4) is 0 Å². The van der Waals surface area contributed by atoms with Crippen molar-refractivity contribution in [3.63, 3.8) is 0 Å². The van der Waals surface area contributed by atoms with Crippen LogP contribution in [-0.4, -0.2) is 71.8 Å². The van der Waals surface area contributed by atoms with Gasteiger partial charge in [0.1, 0.15) is 15.4 Å². The van der Waals surface area contributed by atoms with Crippen molar-refractivity contribution in [1.82, 2.24) is 19.8 Å². The standard InChI is InChI=1S/C16H17N3S.C11H8N2S.C5H11Cl2N.ClH.Na.H/c1-19-9-7-16(12-17,8-10-19)15-18-14(11-20-15)13-5-3-2-4-6-13;12-7-6-11-13-10(8-14-11)9-4-2-1-3-5-9;1-8(4-2-6)5-3-7;;;/h2-6,11H,7-10H2,1H3;1-5,8H,6H2;2-5H2,1H3;1H;;/q;;;;+1;-1. The Morgan fingerprint density at radius 3 is 1.86 bits per heavy atom. The summed E-state index contributed by atoms with van der Waals surface area (Å²) in [4.78, 5) is 13.5. The molecular weight excluding hydrogens is 662 g/mol. The van der Waals surface area contributed by atoms with Crippen LogP contribution in [0.5, 0.6) is 0 Å². The van der Waals surface area contributed by atoms with Crippen molar-refractivity contribution < 1.29 is 31.0 Å². The number of hydrogen-bond acceptors (Lipinski definition) is 8. The number of piperidine rings is 1. The monoisotopic (exact) mass is 698 g/mol. The van der Waals surface area contributed by atoms with E-state index in [1.165, 1.54) is 11.3 Å². The van der Waals surface area contributed by atoms with Crippen molar-refractivity contribution in [3.05, 3.63) is 81.4 Å². The Balaban J connectivity index is 0.000000683. The van der Waals surface area contributed by atoms with E-state index < -0.39 is 0 Å². The molecule has 0 saturated carbocycles. The number of nitrogens with zero attached hydrogens (tertiary/aromatic N) is 6. The molecule has 0 atom stereocenters. The maximum Gasteiger partial charge on any atom is 1.00 e. The number of thiazole rings is 2. The number of rotatable bonds is 8. The SMILES string of the molecule is CN(CCCl)CCCl.CN1CCC(C#N)(c2nc(-c3ccccc3)cs2)CC1.Cl.N#CCc1nc(-c2ccccc2)cs1.[H-].[Na+]. The van der Waals surface area contributed by atoms with E-state index in [-0.39, 0.29) is 48.8 Å². The van der Waals surface area contributed by atoms with E-state index in [2.05, 4.69) is 51.5 Å². The van der Waals surface area contributed by atoms with Gasteiger partial charge in [-0.15, -0.1) is 58.3 Å². The first-order valence-electron chi connectivity index (χ1n) is 13.7. The number of likely N-dealkylation sites (tertiary alicyclic amines) is 1. The topological polar surface area (TPSA) is 79.8 Å². The Kier molecular flexibility index (Phi) is 20.3. The van der Waals surface area contributed by atoms with E-state index >= 15 is 0 Å². The molecule has 230 valence electrons. The Morgan fingerprint density at radius 2 is 1.39 bits per heavy atom. The molecule has 0 unspecified atom stereocenters. The predicted octanol–water partition coefficient (Wildman–Crippen LogP) is 5.11. The van der Waals surface area contributed by atoms with Gasteiger partial charge < -0.3 is 11.2 Å². The molecule has 3 heterocycles. The average Bonchev–Trinajstić information content (AvgIpc) is 3.71. The van der Waals surface area contributed by atoms with E-state index in [0.29, 0.717) is 18.2 Å². The van der Waals surface area contributed by atoms with Gasteiger partial charge >= 0.3 is 29.6 Å². The second kappa shape index (κ2) is 22.1. The number of hydrogen-bond donors (Lipinski definition) is 0. The average molecular weight is 700 g/mol. The van der Waals surface area contributed by atoms with Gasteiger partial charge in [0.05, 0.1) is 29.9 Å². The third-order valence-electron chi connectivity index (χ3n) is 6.82. The number of alkyl halides is 2. The van der Waals surface area contributed by atoms with Gasteiger partial charge in [-0.25, -0.2) is 9.97 Å². The fourth-order valence-electron chi connectivity index (χ4n) is 4.21. The molecule has 0 amide bonds. The van der Waals surface area contributed by atoms with Gasteiger partial charge in [-0.1, -0.05) is 60.7 Å². The van der Waals surface area contributed by atoms with E-state index in [4.69, 9.17) is 33.4 Å². The normalized spacial score (nSPS) is 13.4. The summed E-state index contributed by atoms with van der Waals surface area (Å²) < 4.78 is 0. The number of aromatic nitrogens is 2. The molecule has 5 rings (SSSR count). The molecular formula is C32H38Cl3N6NaS2. The van der Waals surface area contributed by atoms with E-state index in [1.807, 2.05) is 61.0 Å². The molecule has 0 N–H and O–H groups in total. The van der Waals surface area contributed by atoms with Gasteiger partial charge in [0.15, 0.2) is 0 Å². The Morgan fingerprint density at radius 1 is 0.886 bits per heavy atom. The maximum atomic E-state index is 9.66. The Labute approximate surface area is 309 Å². The first-order chi connectivity index (χ1) is 20.4. The van der Waals surface area contributed by atoms with Crippen LogP contribution < -0.4 is 29.6 Å². The largest absolute Gasteiger partial charge is 1.00 e. The predicted molar refractivity (Wildman–Crippen MR) is 186 cm³/mol. The molecule has 1 aliphatic heterocycles. The minimum Gasteiger partial charge on any atom is -1.00 e.